The van der Waals surface area contributed by atoms with Crippen LogP contribution in [-0.2, 0) is 0 Å². The van der Waals surface area contributed by atoms with E-state index in [4.69, 9.17) is 0 Å². The Morgan fingerprint density at radius 3 is 1.58 bits per heavy atom. The Morgan fingerprint density at radius 1 is 0.654 bits per heavy atom. The molecule has 0 aromatic rings. The van der Waals surface area contributed by atoms with Gasteiger partial charge in [0.25, 0.3) is 0 Å². The minimum Gasteiger partial charge on any atom is -0.390 e. The molecule has 0 spiro atoms. The summed E-state index contributed by atoms with van der Waals surface area (Å²) in [7, 11) is 0. The summed E-state index contributed by atoms with van der Waals surface area (Å²) in [4.78, 5) is 0. The van der Waals surface area contributed by atoms with Crippen LogP contribution in [0.15, 0.2) is 13.2 Å². The van der Waals surface area contributed by atoms with E-state index < -0.39 is 18.4 Å². The first-order chi connectivity index (χ1) is 12.6. The predicted molar refractivity (Wildman–Crippen MR) is 108 cm³/mol. The van der Waals surface area contributed by atoms with Crippen molar-refractivity contribution < 1.29 is 13.9 Å². The zero-order valence-corrected chi connectivity index (χ0v) is 17.3. The van der Waals surface area contributed by atoms with Gasteiger partial charge in [-0.3, -0.25) is 0 Å². The lowest BCUT2D eigenvalue weighted by Crippen LogP contribution is -2.44. The summed E-state index contributed by atoms with van der Waals surface area (Å²) in [5.41, 5.74) is 0. The Bertz CT molecular complexity index is 359. The van der Waals surface area contributed by atoms with Gasteiger partial charge in [0.2, 0.25) is 0 Å². The van der Waals surface area contributed by atoms with E-state index in [-0.39, 0.29) is 5.92 Å². The molecule has 3 rings (SSSR count). The molecule has 0 bridgehead atoms. The molecule has 0 aromatic heterocycles. The van der Waals surface area contributed by atoms with E-state index in [2.05, 4.69) is 20.1 Å². The Morgan fingerprint density at radius 2 is 1.08 bits per heavy atom. The maximum atomic E-state index is 14.2. The monoisotopic (exact) mass is 372 g/mol. The van der Waals surface area contributed by atoms with Crippen molar-refractivity contribution in [3.05, 3.63) is 13.2 Å². The van der Waals surface area contributed by atoms with Crippen LogP contribution in [-0.4, -0.2) is 23.6 Å². The van der Waals surface area contributed by atoms with Gasteiger partial charge in [-0.05, 0) is 81.0 Å². The van der Waals surface area contributed by atoms with Crippen LogP contribution in [0.3, 0.4) is 0 Å². The number of aliphatic hydroxyl groups is 1. The van der Waals surface area contributed by atoms with Crippen molar-refractivity contribution in [2.24, 2.45) is 29.6 Å². The average Bonchev–Trinajstić information content (AvgIpc) is 2.70. The summed E-state index contributed by atoms with van der Waals surface area (Å²) < 4.78 is 28.0. The van der Waals surface area contributed by atoms with Gasteiger partial charge in [-0.15, -0.1) is 13.2 Å². The molecule has 3 aliphatic carbocycles. The van der Waals surface area contributed by atoms with Crippen LogP contribution in [0.2, 0.25) is 0 Å². The third kappa shape index (κ3) is 6.04. The first kappa shape index (κ1) is 23.6. The molecule has 0 heterocycles. The highest BCUT2D eigenvalue weighted by Gasteiger charge is 2.44. The molecule has 0 aromatic carbocycles. The average molecular weight is 373 g/mol. The van der Waals surface area contributed by atoms with Crippen LogP contribution in [0.4, 0.5) is 8.78 Å². The Labute approximate surface area is 160 Å². The maximum absolute atomic E-state index is 14.2. The third-order valence-corrected chi connectivity index (χ3v) is 7.03. The molecule has 1 nitrogen and oxygen atoms in total. The minimum atomic E-state index is -1.66. The van der Waals surface area contributed by atoms with Crippen LogP contribution in [0.5, 0.6) is 0 Å². The van der Waals surface area contributed by atoms with Crippen molar-refractivity contribution in [3.8, 4) is 0 Å². The van der Waals surface area contributed by atoms with Gasteiger partial charge in [-0.25, -0.2) is 8.78 Å². The number of hydrogen-bond acceptors (Lipinski definition) is 1. The van der Waals surface area contributed by atoms with Gasteiger partial charge in [0.1, 0.15) is 6.17 Å². The smallest absolute Gasteiger partial charge is 0.157 e. The van der Waals surface area contributed by atoms with Crippen molar-refractivity contribution in [2.75, 3.05) is 0 Å². The molecule has 3 heteroatoms. The number of rotatable bonds is 2. The number of aliphatic hydroxyl groups excluding tert-OH is 1. The summed E-state index contributed by atoms with van der Waals surface area (Å²) in [6.45, 7) is 12.4. The van der Waals surface area contributed by atoms with Gasteiger partial charge in [0, 0.05) is 0 Å². The molecule has 3 fully saturated rings. The fourth-order valence-corrected chi connectivity index (χ4v) is 5.43. The molecule has 3 saturated carbocycles. The van der Waals surface area contributed by atoms with E-state index >= 15 is 0 Å². The van der Waals surface area contributed by atoms with Gasteiger partial charge >= 0.3 is 0 Å². The largest absolute Gasteiger partial charge is 0.390 e. The Hall–Kier alpha value is -0.440. The molecule has 26 heavy (non-hydrogen) atoms. The lowest BCUT2D eigenvalue weighted by atomic mass is 9.65. The van der Waals surface area contributed by atoms with Gasteiger partial charge in [0.15, 0.2) is 6.17 Å². The van der Waals surface area contributed by atoms with E-state index in [1.165, 1.54) is 38.5 Å². The van der Waals surface area contributed by atoms with Gasteiger partial charge in [0.05, 0.1) is 6.10 Å². The maximum Gasteiger partial charge on any atom is 0.157 e. The summed E-state index contributed by atoms with van der Waals surface area (Å²) in [6, 6.07) is 0. The second-order valence-corrected chi connectivity index (χ2v) is 8.39. The van der Waals surface area contributed by atoms with Crippen LogP contribution in [0.1, 0.15) is 85.0 Å². The molecule has 0 saturated heterocycles. The van der Waals surface area contributed by atoms with Crippen molar-refractivity contribution >= 4 is 0 Å². The highest BCUT2D eigenvalue weighted by molar-refractivity contribution is 4.93. The first-order valence-electron chi connectivity index (χ1n) is 11.0. The van der Waals surface area contributed by atoms with E-state index in [1.807, 2.05) is 13.8 Å². The quantitative estimate of drug-likeness (QED) is 0.523. The Kier molecular flexibility index (Phi) is 11.0. The summed E-state index contributed by atoms with van der Waals surface area (Å²) in [5.74, 6) is 2.82. The highest BCUT2D eigenvalue weighted by Crippen LogP contribution is 2.46. The van der Waals surface area contributed by atoms with Gasteiger partial charge < -0.3 is 5.11 Å². The molecule has 154 valence electrons. The fraction of sp³-hybridized carbons (Fsp3) is 0.913. The molecular weight excluding hydrogens is 330 g/mol. The third-order valence-electron chi connectivity index (χ3n) is 7.03. The molecule has 4 atom stereocenters. The molecule has 0 radical (unpaired) electrons. The predicted octanol–water partition coefficient (Wildman–Crippen LogP) is 6.89. The highest BCUT2D eigenvalue weighted by atomic mass is 19.2. The minimum absolute atomic E-state index is 0.147. The van der Waals surface area contributed by atoms with Gasteiger partial charge in [-0.1, -0.05) is 33.6 Å². The van der Waals surface area contributed by atoms with Crippen LogP contribution in [0, 0.1) is 29.6 Å². The van der Waals surface area contributed by atoms with E-state index in [0.29, 0.717) is 18.8 Å². The van der Waals surface area contributed by atoms with Crippen LogP contribution < -0.4 is 0 Å². The summed E-state index contributed by atoms with van der Waals surface area (Å²) in [6.07, 6.45) is 7.01. The van der Waals surface area contributed by atoms with Crippen LogP contribution in [0.25, 0.3) is 0 Å². The number of alkyl halides is 2. The lowest BCUT2D eigenvalue weighted by Gasteiger charge is -2.42. The number of hydrogen-bond donors (Lipinski definition) is 1. The van der Waals surface area contributed by atoms with E-state index in [1.54, 1.807) is 0 Å². The second kappa shape index (κ2) is 12.1. The van der Waals surface area contributed by atoms with Crippen LogP contribution >= 0.6 is 0 Å². The zero-order chi connectivity index (χ0) is 19.7. The molecule has 4 unspecified atom stereocenters. The zero-order valence-electron chi connectivity index (χ0n) is 17.3. The van der Waals surface area contributed by atoms with Crippen molar-refractivity contribution in [2.45, 2.75) is 103 Å². The fourth-order valence-electron chi connectivity index (χ4n) is 5.43. The van der Waals surface area contributed by atoms with Crippen molar-refractivity contribution in [3.63, 3.8) is 0 Å². The normalized spacial score (nSPS) is 43.3. The second-order valence-electron chi connectivity index (χ2n) is 8.39. The molecule has 3 aliphatic rings. The lowest BCUT2D eigenvalue weighted by molar-refractivity contribution is -0.0561. The molecule has 0 amide bonds. The number of halogens is 2. The summed E-state index contributed by atoms with van der Waals surface area (Å²) in [5, 5.41) is 9.48. The summed E-state index contributed by atoms with van der Waals surface area (Å²) >= 11 is 0. The Balaban J connectivity index is 0.000000791. The molecule has 0 aliphatic heterocycles. The first-order valence-corrected chi connectivity index (χ1v) is 11.0. The van der Waals surface area contributed by atoms with Gasteiger partial charge in [-0.2, -0.15) is 0 Å². The van der Waals surface area contributed by atoms with Crippen molar-refractivity contribution in [1.29, 1.82) is 0 Å². The molecular formula is C23H42F2O. The molecule has 1 N–H and O–H groups in total. The van der Waals surface area contributed by atoms with Crippen molar-refractivity contribution in [1.82, 2.24) is 0 Å². The van der Waals surface area contributed by atoms with E-state index in [0.717, 1.165) is 30.6 Å². The topological polar surface area (TPSA) is 20.2 Å². The standard InChI is InChI=1S/C19H32F2O.C2H6.C2H4/c1-12-2-4-13(5-3-12)14-6-8-15(9-7-14)16-10-11-17(22)19(21)18(16)20;2*1-2/h12-19,22H,2-11H2,1H3;1-2H3;1-2H2. The SMILES string of the molecule is C=C.CC.CC1CCC(C2CCC(C3CCC(O)C(F)C3F)CC2)CC1. The van der Waals surface area contributed by atoms with E-state index in [9.17, 15) is 13.9 Å².